The number of halogens is 1. The zero-order valence-corrected chi connectivity index (χ0v) is 13.1. The second-order valence-electron chi connectivity index (χ2n) is 5.37. The number of rotatable bonds is 3. The molecule has 3 rings (SSSR count). The number of hydrogen-bond donors (Lipinski definition) is 0. The summed E-state index contributed by atoms with van der Waals surface area (Å²) in [6.07, 6.45) is 0. The number of likely N-dealkylation sites (N-methyl/N-ethyl adjacent to an activating group) is 1. The van der Waals surface area contributed by atoms with Crippen LogP contribution >= 0.6 is 0 Å². The lowest BCUT2D eigenvalue weighted by molar-refractivity contribution is 0.588. The summed E-state index contributed by atoms with van der Waals surface area (Å²) in [7, 11) is -1.55. The molecule has 0 N–H and O–H groups in total. The molecule has 2 aromatic rings. The van der Waals surface area contributed by atoms with Gasteiger partial charge in [-0.1, -0.05) is 24.3 Å². The number of hydrogen-bond acceptors (Lipinski definition) is 3. The van der Waals surface area contributed by atoms with Crippen molar-refractivity contribution in [3.63, 3.8) is 0 Å². The van der Waals surface area contributed by atoms with Crippen molar-refractivity contribution in [1.29, 1.82) is 0 Å². The van der Waals surface area contributed by atoms with Gasteiger partial charge in [-0.15, -0.1) is 0 Å². The molecule has 0 bridgehead atoms. The summed E-state index contributed by atoms with van der Waals surface area (Å²) in [5, 5.41) is 0. The van der Waals surface area contributed by atoms with Crippen LogP contribution in [0.15, 0.2) is 48.5 Å². The normalized spacial score (nSPS) is 14.8. The Morgan fingerprint density at radius 3 is 2.32 bits per heavy atom. The minimum absolute atomic E-state index is 0.134. The van der Waals surface area contributed by atoms with Crippen molar-refractivity contribution in [1.82, 2.24) is 0 Å². The summed E-state index contributed by atoms with van der Waals surface area (Å²) in [6.45, 7) is 1.05. The maximum absolute atomic E-state index is 12.9. The van der Waals surface area contributed by atoms with E-state index in [9.17, 15) is 12.8 Å². The molecule has 22 heavy (non-hydrogen) atoms. The minimum atomic E-state index is -3.50. The van der Waals surface area contributed by atoms with Crippen molar-refractivity contribution >= 4 is 21.4 Å². The maximum Gasteiger partial charge on any atom is 0.239 e. The van der Waals surface area contributed by atoms with E-state index in [-0.39, 0.29) is 11.6 Å². The average Bonchev–Trinajstić information content (AvgIpc) is 2.50. The SMILES string of the molecule is CN1CCN(S(=O)(=O)Cc2ccc(F)cc2)c2ccccc21. The first-order valence-electron chi connectivity index (χ1n) is 7.02. The van der Waals surface area contributed by atoms with Gasteiger partial charge in [0.25, 0.3) is 0 Å². The highest BCUT2D eigenvalue weighted by Crippen LogP contribution is 2.34. The molecule has 0 atom stereocenters. The van der Waals surface area contributed by atoms with E-state index in [0.29, 0.717) is 24.3 Å². The van der Waals surface area contributed by atoms with Crippen LogP contribution in [0.2, 0.25) is 0 Å². The molecule has 116 valence electrons. The Labute approximate surface area is 129 Å². The maximum atomic E-state index is 12.9. The minimum Gasteiger partial charge on any atom is -0.371 e. The largest absolute Gasteiger partial charge is 0.371 e. The Hall–Kier alpha value is -2.08. The van der Waals surface area contributed by atoms with Gasteiger partial charge in [0.15, 0.2) is 0 Å². The van der Waals surface area contributed by atoms with Crippen molar-refractivity contribution in [3.05, 3.63) is 59.9 Å². The summed E-state index contributed by atoms with van der Waals surface area (Å²) >= 11 is 0. The molecule has 2 aromatic carbocycles. The lowest BCUT2D eigenvalue weighted by Crippen LogP contribution is -2.43. The zero-order chi connectivity index (χ0) is 15.7. The average molecular weight is 320 g/mol. The Morgan fingerprint density at radius 2 is 1.64 bits per heavy atom. The first kappa shape index (κ1) is 14.8. The number of para-hydroxylation sites is 2. The molecule has 1 aliphatic rings. The van der Waals surface area contributed by atoms with Crippen LogP contribution in [0.5, 0.6) is 0 Å². The van der Waals surface area contributed by atoms with Crippen LogP contribution in [-0.2, 0) is 15.8 Å². The fourth-order valence-electron chi connectivity index (χ4n) is 2.64. The molecule has 0 amide bonds. The number of fused-ring (bicyclic) bond motifs is 1. The highest BCUT2D eigenvalue weighted by molar-refractivity contribution is 7.92. The Kier molecular flexibility index (Phi) is 3.78. The topological polar surface area (TPSA) is 40.6 Å². The van der Waals surface area contributed by atoms with E-state index in [1.165, 1.54) is 28.6 Å². The van der Waals surface area contributed by atoms with Crippen LogP contribution in [0.25, 0.3) is 0 Å². The summed E-state index contributed by atoms with van der Waals surface area (Å²) in [6, 6.07) is 13.0. The van der Waals surface area contributed by atoms with E-state index >= 15 is 0 Å². The predicted octanol–water partition coefficient (Wildman–Crippen LogP) is 2.61. The molecule has 0 saturated heterocycles. The fraction of sp³-hybridized carbons (Fsp3) is 0.250. The molecule has 0 unspecified atom stereocenters. The lowest BCUT2D eigenvalue weighted by Gasteiger charge is -2.36. The van der Waals surface area contributed by atoms with E-state index in [2.05, 4.69) is 0 Å². The lowest BCUT2D eigenvalue weighted by atomic mass is 10.2. The summed E-state index contributed by atoms with van der Waals surface area (Å²) in [4.78, 5) is 2.04. The molecular formula is C16H17FN2O2S. The van der Waals surface area contributed by atoms with E-state index in [1.54, 1.807) is 0 Å². The van der Waals surface area contributed by atoms with Crippen molar-refractivity contribution in [2.45, 2.75) is 5.75 Å². The molecule has 0 aliphatic carbocycles. The second kappa shape index (κ2) is 5.61. The molecule has 0 aromatic heterocycles. The van der Waals surface area contributed by atoms with Gasteiger partial charge in [0.2, 0.25) is 10.0 Å². The summed E-state index contributed by atoms with van der Waals surface area (Å²) < 4.78 is 39.8. The first-order valence-corrected chi connectivity index (χ1v) is 8.63. The van der Waals surface area contributed by atoms with Crippen molar-refractivity contribution in [2.24, 2.45) is 0 Å². The molecule has 1 heterocycles. The van der Waals surface area contributed by atoms with Gasteiger partial charge in [-0.25, -0.2) is 12.8 Å². The van der Waals surface area contributed by atoms with Gasteiger partial charge in [-0.05, 0) is 29.8 Å². The van der Waals surface area contributed by atoms with Gasteiger partial charge in [0.05, 0.1) is 23.7 Å². The van der Waals surface area contributed by atoms with E-state index in [1.807, 2.05) is 36.2 Å². The molecule has 4 nitrogen and oxygen atoms in total. The molecular weight excluding hydrogens is 303 g/mol. The van der Waals surface area contributed by atoms with Gasteiger partial charge in [-0.2, -0.15) is 0 Å². The molecule has 6 heteroatoms. The Bertz CT molecular complexity index is 775. The quantitative estimate of drug-likeness (QED) is 0.873. The van der Waals surface area contributed by atoms with E-state index in [4.69, 9.17) is 0 Å². The predicted molar refractivity (Wildman–Crippen MR) is 86.1 cm³/mol. The first-order chi connectivity index (χ1) is 10.5. The molecule has 0 radical (unpaired) electrons. The van der Waals surface area contributed by atoms with Gasteiger partial charge in [0.1, 0.15) is 5.82 Å². The van der Waals surface area contributed by atoms with Crippen LogP contribution < -0.4 is 9.21 Å². The number of nitrogens with zero attached hydrogens (tertiary/aromatic N) is 2. The molecule has 0 spiro atoms. The number of benzene rings is 2. The van der Waals surface area contributed by atoms with Crippen LogP contribution in [0.3, 0.4) is 0 Å². The monoisotopic (exact) mass is 320 g/mol. The number of sulfonamides is 1. The third kappa shape index (κ3) is 2.78. The highest BCUT2D eigenvalue weighted by Gasteiger charge is 2.29. The van der Waals surface area contributed by atoms with Gasteiger partial charge < -0.3 is 4.90 Å². The molecule has 0 saturated carbocycles. The zero-order valence-electron chi connectivity index (χ0n) is 12.2. The van der Waals surface area contributed by atoms with Gasteiger partial charge in [-0.3, -0.25) is 4.31 Å². The number of anilines is 2. The van der Waals surface area contributed by atoms with E-state index in [0.717, 1.165) is 5.69 Å². The van der Waals surface area contributed by atoms with Gasteiger partial charge >= 0.3 is 0 Å². The third-order valence-electron chi connectivity index (χ3n) is 3.80. The third-order valence-corrected chi connectivity index (χ3v) is 5.55. The van der Waals surface area contributed by atoms with E-state index < -0.39 is 10.0 Å². The Balaban J connectivity index is 1.93. The van der Waals surface area contributed by atoms with Crippen molar-refractivity contribution in [2.75, 3.05) is 29.3 Å². The molecule has 0 fully saturated rings. The van der Waals surface area contributed by atoms with Gasteiger partial charge in [0, 0.05) is 13.6 Å². The van der Waals surface area contributed by atoms with Crippen LogP contribution in [0.4, 0.5) is 15.8 Å². The Morgan fingerprint density at radius 1 is 1.00 bits per heavy atom. The van der Waals surface area contributed by atoms with Crippen LogP contribution in [0.1, 0.15) is 5.56 Å². The van der Waals surface area contributed by atoms with Crippen LogP contribution in [-0.4, -0.2) is 28.6 Å². The highest BCUT2D eigenvalue weighted by atomic mass is 32.2. The van der Waals surface area contributed by atoms with Crippen molar-refractivity contribution < 1.29 is 12.8 Å². The smallest absolute Gasteiger partial charge is 0.239 e. The molecule has 1 aliphatic heterocycles. The summed E-state index contributed by atoms with van der Waals surface area (Å²) in [5.41, 5.74) is 2.17. The second-order valence-corrected chi connectivity index (χ2v) is 7.26. The summed E-state index contributed by atoms with van der Waals surface area (Å²) in [5.74, 6) is -0.503. The van der Waals surface area contributed by atoms with Crippen molar-refractivity contribution in [3.8, 4) is 0 Å². The fourth-order valence-corrected chi connectivity index (χ4v) is 4.22. The van der Waals surface area contributed by atoms with Crippen LogP contribution in [0, 0.1) is 5.82 Å². The standard InChI is InChI=1S/C16H17FN2O2S/c1-18-10-11-19(16-5-3-2-4-15(16)18)22(20,21)12-13-6-8-14(17)9-7-13/h2-9H,10-12H2,1H3.